The summed E-state index contributed by atoms with van der Waals surface area (Å²) in [6.45, 7) is -1.72. The van der Waals surface area contributed by atoms with Crippen molar-refractivity contribution in [3.05, 3.63) is 35.9 Å². The van der Waals surface area contributed by atoms with Gasteiger partial charge in [0.25, 0.3) is 20.2 Å². The third-order valence-electron chi connectivity index (χ3n) is 2.91. The average molecular weight is 460 g/mol. The fourth-order valence-electron chi connectivity index (χ4n) is 1.82. The predicted octanol–water partition coefficient (Wildman–Crippen LogP) is 0.198. The van der Waals surface area contributed by atoms with Crippen LogP contribution in [0.15, 0.2) is 30.3 Å². The second-order valence-electron chi connectivity index (χ2n) is 6.11. The van der Waals surface area contributed by atoms with Crippen LogP contribution < -0.4 is 16.8 Å². The molecule has 0 radical (unpaired) electrons. The highest BCUT2D eigenvalue weighted by Crippen LogP contribution is 2.04. The molecular weight excluding hydrogens is 423 g/mol. The summed E-state index contributed by atoms with van der Waals surface area (Å²) in [5.74, 6) is -0.422. The van der Waals surface area contributed by atoms with Gasteiger partial charge in [-0.2, -0.15) is 16.8 Å². The van der Waals surface area contributed by atoms with Crippen LogP contribution in [0.25, 0.3) is 0 Å². The Hall–Kier alpha value is -1.57. The molecule has 0 aliphatic carbocycles. The molecule has 7 N–H and O–H groups in total. The van der Waals surface area contributed by atoms with Gasteiger partial charge in [0.15, 0.2) is 0 Å². The molecular formula is C17H33N3O7S2. The van der Waals surface area contributed by atoms with Crippen molar-refractivity contribution in [2.45, 2.75) is 44.6 Å². The van der Waals surface area contributed by atoms with Crippen LogP contribution in [0.4, 0.5) is 0 Å². The molecule has 0 fully saturated rings. The van der Waals surface area contributed by atoms with Crippen molar-refractivity contribution in [3.8, 4) is 0 Å². The van der Waals surface area contributed by atoms with Crippen molar-refractivity contribution >= 4 is 26.1 Å². The number of benzene rings is 1. The lowest BCUT2D eigenvalue weighted by atomic mass is 10.1. The Balaban J connectivity index is 0. The maximum atomic E-state index is 12.1. The molecule has 1 aromatic carbocycles. The zero-order valence-electron chi connectivity index (χ0n) is 19.5. The highest BCUT2D eigenvalue weighted by molar-refractivity contribution is 7.85. The summed E-state index contributed by atoms with van der Waals surface area (Å²) in [6, 6.07) is 7.58. The van der Waals surface area contributed by atoms with Crippen molar-refractivity contribution in [2.75, 3.05) is 19.1 Å². The van der Waals surface area contributed by atoms with E-state index in [4.69, 9.17) is 24.7 Å². The number of hydrogen-bond donors (Lipinski definition) is 5. The Bertz CT molecular complexity index is 819. The fourth-order valence-corrected chi connectivity index (χ4v) is 1.82. The third kappa shape index (κ3) is 28.7. The lowest BCUT2D eigenvalue weighted by molar-refractivity contribution is -0.123. The molecule has 0 unspecified atom stereocenters. The maximum absolute atomic E-state index is 12.1. The minimum atomic E-state index is -3.67. The van der Waals surface area contributed by atoms with Gasteiger partial charge in [0.05, 0.1) is 18.6 Å². The summed E-state index contributed by atoms with van der Waals surface area (Å²) in [7, 11) is -7.33. The molecule has 0 aliphatic heterocycles. The van der Waals surface area contributed by atoms with E-state index < -0.39 is 45.1 Å². The molecule has 1 rings (SSSR count). The summed E-state index contributed by atoms with van der Waals surface area (Å²) in [5.41, 5.74) is 12.1. The van der Waals surface area contributed by atoms with Crippen LogP contribution in [-0.2, 0) is 31.5 Å². The van der Waals surface area contributed by atoms with Crippen LogP contribution in [0.2, 0.25) is 0 Å². The number of carbonyl (C=O) groups excluding carboxylic acids is 1. The van der Waals surface area contributed by atoms with Gasteiger partial charge in [-0.15, -0.1) is 0 Å². The first-order valence-electron chi connectivity index (χ1n) is 9.99. The molecule has 1 amide bonds. The van der Waals surface area contributed by atoms with Crippen LogP contribution >= 0.6 is 0 Å². The molecule has 0 heterocycles. The number of hydrogen-bond acceptors (Lipinski definition) is 7. The summed E-state index contributed by atoms with van der Waals surface area (Å²) >= 11 is 0. The van der Waals surface area contributed by atoms with Crippen LogP contribution in [0.1, 0.15) is 35.8 Å². The Morgan fingerprint density at radius 1 is 1.10 bits per heavy atom. The number of nitrogens with one attached hydrogen (secondary N) is 1. The van der Waals surface area contributed by atoms with Crippen LogP contribution in [0.3, 0.4) is 0 Å². The number of rotatable bonds is 8. The molecule has 2 atom stereocenters. The van der Waals surface area contributed by atoms with E-state index in [1.165, 1.54) is 0 Å². The smallest absolute Gasteiger partial charge is 0.261 e. The minimum Gasteiger partial charge on any atom is -0.352 e. The standard InChI is InChI=1S/C15H25N3O.2CH4O3S/c1-12(11-13-7-3-2-4-8-13)18-15(19)14(17)9-5-6-10-16;2*1-5(2,3)4/h2-4,7-8,12,14H,5-6,9-11,16-17H2,1H3,(H,18,19);2*1H3,(H,2,3,4)/t12-,14+;;/m0../s1/i1+1D3;;. The van der Waals surface area contributed by atoms with E-state index in [2.05, 4.69) is 5.32 Å². The fraction of sp³-hybridized carbons (Fsp3) is 0.588. The van der Waals surface area contributed by atoms with Crippen LogP contribution in [-0.4, -0.2) is 63.0 Å². The first kappa shape index (κ1) is 23.7. The number of carbonyl (C=O) groups is 1. The van der Waals surface area contributed by atoms with E-state index in [0.717, 1.165) is 18.4 Å². The molecule has 12 heteroatoms. The number of nitrogens with two attached hydrogens (primary N) is 2. The van der Waals surface area contributed by atoms with E-state index in [0.29, 0.717) is 25.5 Å². The maximum Gasteiger partial charge on any atom is 0.261 e. The highest BCUT2D eigenvalue weighted by Gasteiger charge is 2.15. The number of unbranched alkanes of at least 4 members (excludes halogenated alkanes) is 1. The molecule has 0 bridgehead atoms. The highest BCUT2D eigenvalue weighted by atomic mass is 32.2. The SMILES string of the molecule is CS(=O)(=O)O.CS(=O)(=O)O.[2H][13C]([2H])([2H])[C@@H](Cc1ccccc1)NC(=O)[C@H](N)CCCCN. The zero-order chi connectivity index (χ0) is 25.6. The van der Waals surface area contributed by atoms with E-state index >= 15 is 0 Å². The summed E-state index contributed by atoms with van der Waals surface area (Å²) in [5, 5.41) is 2.57. The van der Waals surface area contributed by atoms with Gasteiger partial charge < -0.3 is 16.8 Å². The quantitative estimate of drug-likeness (QED) is 0.205. The van der Waals surface area contributed by atoms with Gasteiger partial charge in [-0.1, -0.05) is 36.8 Å². The zero-order valence-corrected chi connectivity index (χ0v) is 18.1. The van der Waals surface area contributed by atoms with Crippen molar-refractivity contribution in [2.24, 2.45) is 11.5 Å². The van der Waals surface area contributed by atoms with Crippen LogP contribution in [0.5, 0.6) is 0 Å². The van der Waals surface area contributed by atoms with E-state index in [-0.39, 0.29) is 6.42 Å². The van der Waals surface area contributed by atoms with Gasteiger partial charge in [0, 0.05) is 10.2 Å². The average Bonchev–Trinajstić information content (AvgIpc) is 2.58. The van der Waals surface area contributed by atoms with Gasteiger partial charge in [-0.05, 0) is 38.2 Å². The van der Waals surface area contributed by atoms with Gasteiger partial charge >= 0.3 is 0 Å². The molecule has 1 aromatic rings. The van der Waals surface area contributed by atoms with E-state index in [1.54, 1.807) is 0 Å². The Labute approximate surface area is 177 Å². The van der Waals surface area contributed by atoms with E-state index in [9.17, 15) is 21.6 Å². The summed E-state index contributed by atoms with van der Waals surface area (Å²) < 4.78 is 74.5. The Morgan fingerprint density at radius 3 is 2.00 bits per heavy atom. The molecule has 29 heavy (non-hydrogen) atoms. The molecule has 0 saturated heterocycles. The van der Waals surface area contributed by atoms with Gasteiger partial charge in [-0.25, -0.2) is 0 Å². The van der Waals surface area contributed by atoms with Crippen molar-refractivity contribution < 1.29 is 34.8 Å². The van der Waals surface area contributed by atoms with E-state index in [1.807, 2.05) is 30.3 Å². The Morgan fingerprint density at radius 2 is 1.59 bits per heavy atom. The molecule has 0 spiro atoms. The lowest BCUT2D eigenvalue weighted by Gasteiger charge is -2.17. The second kappa shape index (κ2) is 15.3. The van der Waals surface area contributed by atoms with Crippen molar-refractivity contribution in [3.63, 3.8) is 0 Å². The minimum absolute atomic E-state index is 0.249. The second-order valence-corrected chi connectivity index (χ2v) is 9.04. The monoisotopic (exact) mass is 459 g/mol. The van der Waals surface area contributed by atoms with Gasteiger partial charge in [-0.3, -0.25) is 13.9 Å². The predicted molar refractivity (Wildman–Crippen MR) is 114 cm³/mol. The Kier molecular flexibility index (Phi) is 12.5. The third-order valence-corrected chi connectivity index (χ3v) is 2.91. The first-order chi connectivity index (χ1) is 14.3. The molecule has 0 aromatic heterocycles. The molecule has 0 saturated carbocycles. The molecule has 170 valence electrons. The summed E-state index contributed by atoms with van der Waals surface area (Å²) in [6.07, 6.45) is 3.73. The summed E-state index contributed by atoms with van der Waals surface area (Å²) in [4.78, 5) is 12.1. The van der Waals surface area contributed by atoms with Gasteiger partial charge in [0.1, 0.15) is 0 Å². The first-order valence-corrected chi connectivity index (χ1v) is 12.2. The van der Waals surface area contributed by atoms with Crippen molar-refractivity contribution in [1.82, 2.24) is 5.32 Å². The molecule has 0 aliphatic rings. The lowest BCUT2D eigenvalue weighted by Crippen LogP contribution is -2.45. The topological polar surface area (TPSA) is 190 Å². The number of amides is 1. The van der Waals surface area contributed by atoms with Gasteiger partial charge in [0.2, 0.25) is 5.91 Å². The largest absolute Gasteiger partial charge is 0.352 e. The van der Waals surface area contributed by atoms with Crippen LogP contribution in [0, 0.1) is 0 Å². The van der Waals surface area contributed by atoms with Crippen molar-refractivity contribution in [1.29, 1.82) is 0 Å². The normalized spacial score (nSPS) is 15.0. The molecule has 10 nitrogen and oxygen atoms in total.